The molecular formula is C14H25NO3. The van der Waals surface area contributed by atoms with Crippen molar-refractivity contribution in [3.8, 4) is 0 Å². The van der Waals surface area contributed by atoms with Gasteiger partial charge in [-0.15, -0.1) is 0 Å². The van der Waals surface area contributed by atoms with Crippen molar-refractivity contribution >= 4 is 11.9 Å². The lowest BCUT2D eigenvalue weighted by molar-refractivity contribution is -0.148. The molecule has 0 aliphatic carbocycles. The minimum absolute atomic E-state index is 0.0980. The van der Waals surface area contributed by atoms with Gasteiger partial charge in [-0.05, 0) is 48.5 Å². The summed E-state index contributed by atoms with van der Waals surface area (Å²) >= 11 is 0. The molecule has 1 amide bonds. The highest BCUT2D eigenvalue weighted by molar-refractivity contribution is 5.94. The van der Waals surface area contributed by atoms with Crippen molar-refractivity contribution < 1.29 is 14.3 Å². The van der Waals surface area contributed by atoms with Gasteiger partial charge in [0.05, 0.1) is 0 Å². The summed E-state index contributed by atoms with van der Waals surface area (Å²) in [6.07, 6.45) is 2.46. The van der Waals surface area contributed by atoms with Crippen LogP contribution in [-0.4, -0.2) is 34.5 Å². The molecule has 104 valence electrons. The lowest BCUT2D eigenvalue weighted by atomic mass is 10.2. The summed E-state index contributed by atoms with van der Waals surface area (Å²) in [5.74, 6) is -0.672. The Hall–Kier alpha value is -1.32. The van der Waals surface area contributed by atoms with Gasteiger partial charge < -0.3 is 9.64 Å². The van der Waals surface area contributed by atoms with E-state index >= 15 is 0 Å². The minimum Gasteiger partial charge on any atom is -0.457 e. The summed E-state index contributed by atoms with van der Waals surface area (Å²) in [7, 11) is 0. The molecular weight excluding hydrogens is 230 g/mol. The average Bonchev–Trinajstić information content (AvgIpc) is 2.10. The minimum atomic E-state index is -0.541. The SMILES string of the molecule is CC(C)N(C(=O)/C=C\C(=O)OC(C)(C)C)C(C)C. The van der Waals surface area contributed by atoms with Crippen molar-refractivity contribution in [3.05, 3.63) is 12.2 Å². The Morgan fingerprint density at radius 2 is 1.44 bits per heavy atom. The van der Waals surface area contributed by atoms with Crippen LogP contribution in [0.3, 0.4) is 0 Å². The van der Waals surface area contributed by atoms with Crippen LogP contribution in [-0.2, 0) is 14.3 Å². The van der Waals surface area contributed by atoms with E-state index in [1.165, 1.54) is 12.2 Å². The number of ether oxygens (including phenoxy) is 1. The van der Waals surface area contributed by atoms with Crippen molar-refractivity contribution in [2.24, 2.45) is 0 Å². The Morgan fingerprint density at radius 1 is 1.00 bits per heavy atom. The summed E-state index contributed by atoms with van der Waals surface area (Å²) in [4.78, 5) is 25.1. The second kappa shape index (κ2) is 6.57. The first-order valence-electron chi connectivity index (χ1n) is 6.28. The molecule has 18 heavy (non-hydrogen) atoms. The zero-order valence-electron chi connectivity index (χ0n) is 12.5. The molecule has 0 fully saturated rings. The fraction of sp³-hybridized carbons (Fsp3) is 0.714. The summed E-state index contributed by atoms with van der Waals surface area (Å²) in [5.41, 5.74) is -0.541. The molecule has 0 aliphatic rings. The van der Waals surface area contributed by atoms with Gasteiger partial charge in [0, 0.05) is 24.2 Å². The number of amides is 1. The predicted octanol–water partition coefficient (Wildman–Crippen LogP) is 2.53. The maximum atomic E-state index is 11.9. The molecule has 0 bridgehead atoms. The average molecular weight is 255 g/mol. The van der Waals surface area contributed by atoms with Crippen molar-refractivity contribution in [1.82, 2.24) is 4.90 Å². The van der Waals surface area contributed by atoms with Crippen LogP contribution in [0.2, 0.25) is 0 Å². The summed E-state index contributed by atoms with van der Waals surface area (Å²) < 4.78 is 5.09. The van der Waals surface area contributed by atoms with E-state index in [9.17, 15) is 9.59 Å². The number of carbonyl (C=O) groups excluding carboxylic acids is 2. The van der Waals surface area contributed by atoms with Gasteiger partial charge in [0.15, 0.2) is 0 Å². The molecule has 0 aliphatic heterocycles. The van der Waals surface area contributed by atoms with Gasteiger partial charge in [-0.3, -0.25) is 4.79 Å². The summed E-state index contributed by atoms with van der Waals surface area (Å²) in [5, 5.41) is 0. The largest absolute Gasteiger partial charge is 0.457 e. The van der Waals surface area contributed by atoms with Crippen LogP contribution in [0.15, 0.2) is 12.2 Å². The van der Waals surface area contributed by atoms with E-state index in [4.69, 9.17) is 4.74 Å². The van der Waals surface area contributed by atoms with Crippen molar-refractivity contribution in [3.63, 3.8) is 0 Å². The molecule has 0 unspecified atom stereocenters. The van der Waals surface area contributed by atoms with Crippen molar-refractivity contribution in [2.45, 2.75) is 66.2 Å². The molecule has 0 atom stereocenters. The number of hydrogen-bond acceptors (Lipinski definition) is 3. The van der Waals surface area contributed by atoms with Gasteiger partial charge in [0.1, 0.15) is 5.60 Å². The third-order valence-electron chi connectivity index (χ3n) is 2.14. The monoisotopic (exact) mass is 255 g/mol. The fourth-order valence-corrected chi connectivity index (χ4v) is 1.67. The lowest BCUT2D eigenvalue weighted by Gasteiger charge is -2.29. The second-order valence-electron chi connectivity index (χ2n) is 5.80. The standard InChI is InChI=1S/C14H25NO3/c1-10(2)15(11(3)4)12(16)8-9-13(17)18-14(5,6)7/h8-11H,1-7H3/b9-8-. The molecule has 0 aromatic rings. The second-order valence-corrected chi connectivity index (χ2v) is 5.80. The van der Waals surface area contributed by atoms with E-state index in [0.717, 1.165) is 0 Å². The van der Waals surface area contributed by atoms with Gasteiger partial charge in [-0.2, -0.15) is 0 Å². The highest BCUT2D eigenvalue weighted by Crippen LogP contribution is 2.09. The van der Waals surface area contributed by atoms with E-state index < -0.39 is 11.6 Å². The number of esters is 1. The van der Waals surface area contributed by atoms with Gasteiger partial charge in [0.25, 0.3) is 0 Å². The smallest absolute Gasteiger partial charge is 0.331 e. The topological polar surface area (TPSA) is 46.6 Å². The van der Waals surface area contributed by atoms with Crippen LogP contribution in [0.1, 0.15) is 48.5 Å². The molecule has 0 spiro atoms. The first kappa shape index (κ1) is 16.7. The maximum Gasteiger partial charge on any atom is 0.331 e. The quantitative estimate of drug-likeness (QED) is 0.573. The number of carbonyl (C=O) groups is 2. The van der Waals surface area contributed by atoms with E-state index in [0.29, 0.717) is 0 Å². The Morgan fingerprint density at radius 3 is 1.78 bits per heavy atom. The Balaban J connectivity index is 4.60. The number of hydrogen-bond donors (Lipinski definition) is 0. The summed E-state index contributed by atoms with van der Waals surface area (Å²) in [6, 6.07) is 0.196. The van der Waals surface area contributed by atoms with E-state index in [2.05, 4.69) is 0 Å². The van der Waals surface area contributed by atoms with E-state index in [1.807, 2.05) is 27.7 Å². The molecule has 0 aromatic carbocycles. The van der Waals surface area contributed by atoms with E-state index in [1.54, 1.807) is 25.7 Å². The number of rotatable bonds is 4. The Labute approximate surface area is 110 Å². The van der Waals surface area contributed by atoms with E-state index in [-0.39, 0.29) is 18.0 Å². The normalized spacial score (nSPS) is 12.3. The third-order valence-corrected chi connectivity index (χ3v) is 2.14. The third kappa shape index (κ3) is 6.42. The van der Waals surface area contributed by atoms with Crippen molar-refractivity contribution in [2.75, 3.05) is 0 Å². The van der Waals surface area contributed by atoms with Crippen LogP contribution in [0.4, 0.5) is 0 Å². The predicted molar refractivity (Wildman–Crippen MR) is 72.1 cm³/mol. The molecule has 4 heteroatoms. The first-order chi connectivity index (χ1) is 8.04. The summed E-state index contributed by atoms with van der Waals surface area (Å²) in [6.45, 7) is 13.1. The van der Waals surface area contributed by atoms with Crippen LogP contribution < -0.4 is 0 Å². The Kier molecular flexibility index (Phi) is 6.09. The molecule has 4 nitrogen and oxygen atoms in total. The molecule has 0 rings (SSSR count). The molecule has 0 N–H and O–H groups in total. The van der Waals surface area contributed by atoms with Gasteiger partial charge in [0.2, 0.25) is 5.91 Å². The molecule has 0 saturated heterocycles. The fourth-order valence-electron chi connectivity index (χ4n) is 1.67. The van der Waals surface area contributed by atoms with Gasteiger partial charge >= 0.3 is 5.97 Å². The lowest BCUT2D eigenvalue weighted by Crippen LogP contribution is -2.41. The maximum absolute atomic E-state index is 11.9. The van der Waals surface area contributed by atoms with Crippen LogP contribution in [0.25, 0.3) is 0 Å². The van der Waals surface area contributed by atoms with Gasteiger partial charge in [-0.25, -0.2) is 4.79 Å². The first-order valence-corrected chi connectivity index (χ1v) is 6.28. The highest BCUT2D eigenvalue weighted by atomic mass is 16.6. The van der Waals surface area contributed by atoms with Crippen LogP contribution in [0, 0.1) is 0 Å². The molecule has 0 aromatic heterocycles. The zero-order valence-corrected chi connectivity index (χ0v) is 12.5. The van der Waals surface area contributed by atoms with Gasteiger partial charge in [-0.1, -0.05) is 0 Å². The molecule has 0 radical (unpaired) electrons. The highest BCUT2D eigenvalue weighted by Gasteiger charge is 2.19. The zero-order chi connectivity index (χ0) is 14.5. The molecule has 0 saturated carbocycles. The van der Waals surface area contributed by atoms with Crippen molar-refractivity contribution in [1.29, 1.82) is 0 Å². The Bertz CT molecular complexity index is 316. The van der Waals surface area contributed by atoms with Crippen LogP contribution in [0.5, 0.6) is 0 Å². The molecule has 0 heterocycles. The van der Waals surface area contributed by atoms with Crippen LogP contribution >= 0.6 is 0 Å². The number of nitrogens with zero attached hydrogens (tertiary/aromatic N) is 1.